The van der Waals surface area contributed by atoms with E-state index in [9.17, 15) is 4.79 Å². The highest BCUT2D eigenvalue weighted by atomic mass is 35.5. The SMILES string of the molecule is N#Cc1ccc2c(c1)CCC(n1ccc(OCc3ccc(Cl)cc3)cc1=O)=C2. The molecule has 0 radical (unpaired) electrons. The second-order valence-electron chi connectivity index (χ2n) is 6.65. The van der Waals surface area contributed by atoms with Gasteiger partial charge in [-0.1, -0.05) is 29.8 Å². The predicted molar refractivity (Wildman–Crippen MR) is 110 cm³/mol. The van der Waals surface area contributed by atoms with E-state index in [4.69, 9.17) is 21.6 Å². The Labute approximate surface area is 167 Å². The smallest absolute Gasteiger partial charge is 0.258 e. The number of allylic oxidation sites excluding steroid dienone is 1. The summed E-state index contributed by atoms with van der Waals surface area (Å²) in [7, 11) is 0. The number of rotatable bonds is 4. The van der Waals surface area contributed by atoms with Gasteiger partial charge in [-0.25, -0.2) is 0 Å². The van der Waals surface area contributed by atoms with Crippen LogP contribution in [0.5, 0.6) is 5.75 Å². The molecule has 1 aliphatic rings. The number of hydrogen-bond acceptors (Lipinski definition) is 3. The van der Waals surface area contributed by atoms with Gasteiger partial charge in [-0.15, -0.1) is 0 Å². The third kappa shape index (κ3) is 3.85. The molecule has 3 aromatic rings. The molecule has 28 heavy (non-hydrogen) atoms. The molecule has 0 fully saturated rings. The van der Waals surface area contributed by atoms with Crippen LogP contribution in [0.1, 0.15) is 28.7 Å². The molecule has 0 aliphatic heterocycles. The van der Waals surface area contributed by atoms with Gasteiger partial charge in [0.25, 0.3) is 5.56 Å². The van der Waals surface area contributed by atoms with Gasteiger partial charge in [0.2, 0.25) is 0 Å². The lowest BCUT2D eigenvalue weighted by Gasteiger charge is -2.18. The van der Waals surface area contributed by atoms with Gasteiger partial charge in [0.15, 0.2) is 0 Å². The van der Waals surface area contributed by atoms with Gasteiger partial charge in [-0.3, -0.25) is 9.36 Å². The van der Waals surface area contributed by atoms with Crippen LogP contribution in [0.25, 0.3) is 11.8 Å². The maximum Gasteiger partial charge on any atom is 0.258 e. The average Bonchev–Trinajstić information content (AvgIpc) is 2.72. The molecule has 4 rings (SSSR count). The minimum atomic E-state index is -0.128. The van der Waals surface area contributed by atoms with Crippen LogP contribution in [-0.2, 0) is 13.0 Å². The van der Waals surface area contributed by atoms with Crippen molar-refractivity contribution in [2.24, 2.45) is 0 Å². The molecule has 0 saturated heterocycles. The lowest BCUT2D eigenvalue weighted by atomic mass is 9.93. The number of nitrogens with zero attached hydrogens (tertiary/aromatic N) is 2. The first-order valence-electron chi connectivity index (χ1n) is 8.96. The molecule has 5 heteroatoms. The van der Waals surface area contributed by atoms with E-state index < -0.39 is 0 Å². The Kier molecular flexibility index (Phi) is 5.01. The number of halogens is 1. The Bertz CT molecular complexity index is 1150. The first-order chi connectivity index (χ1) is 13.6. The van der Waals surface area contributed by atoms with E-state index in [1.807, 2.05) is 42.5 Å². The highest BCUT2D eigenvalue weighted by molar-refractivity contribution is 6.30. The summed E-state index contributed by atoms with van der Waals surface area (Å²) in [4.78, 5) is 12.6. The van der Waals surface area contributed by atoms with Crippen LogP contribution in [0.3, 0.4) is 0 Å². The van der Waals surface area contributed by atoms with Crippen molar-refractivity contribution >= 4 is 23.4 Å². The Morgan fingerprint density at radius 2 is 1.89 bits per heavy atom. The lowest BCUT2D eigenvalue weighted by molar-refractivity contribution is 0.305. The molecule has 0 spiro atoms. The molecule has 1 aliphatic carbocycles. The molecule has 2 aromatic carbocycles. The molecule has 0 amide bonds. The van der Waals surface area contributed by atoms with Crippen LogP contribution in [0.4, 0.5) is 0 Å². The summed E-state index contributed by atoms with van der Waals surface area (Å²) >= 11 is 5.88. The van der Waals surface area contributed by atoms with E-state index >= 15 is 0 Å². The minimum absolute atomic E-state index is 0.128. The van der Waals surface area contributed by atoms with E-state index in [1.165, 1.54) is 6.07 Å². The van der Waals surface area contributed by atoms with Crippen molar-refractivity contribution in [2.75, 3.05) is 0 Å². The average molecular weight is 389 g/mol. The van der Waals surface area contributed by atoms with Gasteiger partial charge in [0, 0.05) is 23.0 Å². The first kappa shape index (κ1) is 18.1. The molecule has 138 valence electrons. The molecule has 0 saturated carbocycles. The third-order valence-corrected chi connectivity index (χ3v) is 5.02. The summed E-state index contributed by atoms with van der Waals surface area (Å²) in [6.07, 6.45) is 5.31. The van der Waals surface area contributed by atoms with Crippen molar-refractivity contribution < 1.29 is 4.74 Å². The second-order valence-corrected chi connectivity index (χ2v) is 7.08. The van der Waals surface area contributed by atoms with Gasteiger partial charge in [-0.05, 0) is 65.9 Å². The van der Waals surface area contributed by atoms with Gasteiger partial charge in [-0.2, -0.15) is 5.26 Å². The van der Waals surface area contributed by atoms with Crippen molar-refractivity contribution in [3.05, 3.63) is 98.4 Å². The number of nitriles is 1. The number of aryl methyl sites for hydroxylation is 1. The lowest BCUT2D eigenvalue weighted by Crippen LogP contribution is -2.19. The van der Waals surface area contributed by atoms with Crippen LogP contribution < -0.4 is 10.3 Å². The number of benzene rings is 2. The van der Waals surface area contributed by atoms with E-state index in [1.54, 1.807) is 22.9 Å². The van der Waals surface area contributed by atoms with Crippen LogP contribution >= 0.6 is 11.6 Å². The summed E-state index contributed by atoms with van der Waals surface area (Å²) in [5.74, 6) is 0.534. The summed E-state index contributed by atoms with van der Waals surface area (Å²) in [5, 5.41) is 9.71. The maximum absolute atomic E-state index is 12.6. The van der Waals surface area contributed by atoms with Gasteiger partial charge < -0.3 is 4.74 Å². The number of aromatic nitrogens is 1. The molecule has 1 heterocycles. The molecular weight excluding hydrogens is 372 g/mol. The predicted octanol–water partition coefficient (Wildman–Crippen LogP) is 4.90. The molecule has 0 atom stereocenters. The topological polar surface area (TPSA) is 55.0 Å². The number of ether oxygens (including phenoxy) is 1. The fourth-order valence-corrected chi connectivity index (χ4v) is 3.40. The maximum atomic E-state index is 12.6. The zero-order chi connectivity index (χ0) is 19.5. The standard InChI is InChI=1S/C23H17ClN2O2/c24-20-6-2-16(3-7-20)15-28-22-9-10-26(23(27)13-22)21-8-5-18-11-17(14-25)1-4-19(18)12-21/h1-4,6-7,9-13H,5,8,15H2. The highest BCUT2D eigenvalue weighted by Gasteiger charge is 2.13. The molecule has 0 N–H and O–H groups in total. The molecule has 1 aromatic heterocycles. The quantitative estimate of drug-likeness (QED) is 0.639. The van der Waals surface area contributed by atoms with Crippen LogP contribution in [0, 0.1) is 11.3 Å². The number of hydrogen-bond donors (Lipinski definition) is 0. The zero-order valence-electron chi connectivity index (χ0n) is 15.1. The van der Waals surface area contributed by atoms with Crippen LogP contribution in [-0.4, -0.2) is 4.57 Å². The van der Waals surface area contributed by atoms with E-state index in [2.05, 4.69) is 6.07 Å². The molecule has 4 nitrogen and oxygen atoms in total. The number of pyridine rings is 1. The molecule has 0 bridgehead atoms. The van der Waals surface area contributed by atoms with Crippen molar-refractivity contribution in [3.63, 3.8) is 0 Å². The van der Waals surface area contributed by atoms with Crippen molar-refractivity contribution in [2.45, 2.75) is 19.4 Å². The Morgan fingerprint density at radius 1 is 1.07 bits per heavy atom. The van der Waals surface area contributed by atoms with Crippen LogP contribution in [0.2, 0.25) is 5.02 Å². The van der Waals surface area contributed by atoms with Crippen molar-refractivity contribution in [1.29, 1.82) is 5.26 Å². The summed E-state index contributed by atoms with van der Waals surface area (Å²) in [6.45, 7) is 0.373. The molecule has 0 unspecified atom stereocenters. The summed E-state index contributed by atoms with van der Waals surface area (Å²) < 4.78 is 7.38. The fraction of sp³-hybridized carbons (Fsp3) is 0.130. The monoisotopic (exact) mass is 388 g/mol. The summed E-state index contributed by atoms with van der Waals surface area (Å²) in [6, 6.07) is 18.5. The van der Waals surface area contributed by atoms with Crippen molar-refractivity contribution in [3.8, 4) is 11.8 Å². The largest absolute Gasteiger partial charge is 0.489 e. The van der Waals surface area contributed by atoms with Gasteiger partial charge >= 0.3 is 0 Å². The first-order valence-corrected chi connectivity index (χ1v) is 9.34. The number of fused-ring (bicyclic) bond motifs is 1. The fourth-order valence-electron chi connectivity index (χ4n) is 3.27. The minimum Gasteiger partial charge on any atom is -0.489 e. The van der Waals surface area contributed by atoms with E-state index in [-0.39, 0.29) is 5.56 Å². The normalized spacial score (nSPS) is 12.6. The summed E-state index contributed by atoms with van der Waals surface area (Å²) in [5.41, 5.74) is 4.64. The van der Waals surface area contributed by atoms with E-state index in [0.717, 1.165) is 35.2 Å². The zero-order valence-corrected chi connectivity index (χ0v) is 15.8. The van der Waals surface area contributed by atoms with Crippen LogP contribution in [0.15, 0.2) is 65.6 Å². The van der Waals surface area contributed by atoms with Gasteiger partial charge in [0.05, 0.1) is 11.6 Å². The molecular formula is C23H17ClN2O2. The van der Waals surface area contributed by atoms with Gasteiger partial charge in [0.1, 0.15) is 12.4 Å². The second kappa shape index (κ2) is 7.75. The van der Waals surface area contributed by atoms with Crippen molar-refractivity contribution in [1.82, 2.24) is 4.57 Å². The van der Waals surface area contributed by atoms with E-state index in [0.29, 0.717) is 22.9 Å². The Morgan fingerprint density at radius 3 is 2.64 bits per heavy atom. The Hall–Kier alpha value is -3.29. The Balaban J connectivity index is 1.53. The highest BCUT2D eigenvalue weighted by Crippen LogP contribution is 2.27. The third-order valence-electron chi connectivity index (χ3n) is 4.76.